The Bertz CT molecular complexity index is 1360. The van der Waals surface area contributed by atoms with Crippen molar-refractivity contribution in [1.29, 1.82) is 0 Å². The Morgan fingerprint density at radius 1 is 1.20 bits per heavy atom. The first-order chi connectivity index (χ1) is 16.8. The van der Waals surface area contributed by atoms with Gasteiger partial charge in [0.05, 0.1) is 16.8 Å². The van der Waals surface area contributed by atoms with Gasteiger partial charge < -0.3 is 10.6 Å². The minimum atomic E-state index is -3.71. The van der Waals surface area contributed by atoms with Crippen LogP contribution in [-0.2, 0) is 22.9 Å². The van der Waals surface area contributed by atoms with Crippen molar-refractivity contribution in [3.8, 4) is 0 Å². The lowest BCUT2D eigenvalue weighted by molar-refractivity contribution is 0.521. The molecule has 1 fully saturated rings. The number of rotatable bonds is 7. The van der Waals surface area contributed by atoms with Crippen molar-refractivity contribution in [3.63, 3.8) is 0 Å². The third-order valence-corrected chi connectivity index (χ3v) is 8.38. The summed E-state index contributed by atoms with van der Waals surface area (Å²) >= 11 is 5.53. The number of sulfonamides is 1. The number of benzene rings is 1. The van der Waals surface area contributed by atoms with Crippen LogP contribution in [0.1, 0.15) is 55.8 Å². The monoisotopic (exact) mass is 509 g/mol. The molecule has 7 nitrogen and oxygen atoms in total. The Labute approximate surface area is 212 Å². The molecule has 2 aliphatic carbocycles. The van der Waals surface area contributed by atoms with Gasteiger partial charge in [-0.2, -0.15) is 0 Å². The van der Waals surface area contributed by atoms with Crippen LogP contribution in [0.5, 0.6) is 0 Å². The van der Waals surface area contributed by atoms with Gasteiger partial charge in [-0.15, -0.1) is 0 Å². The van der Waals surface area contributed by atoms with Gasteiger partial charge in [0, 0.05) is 47.4 Å². The number of nitrogens with one attached hydrogen (secondary N) is 3. The molecule has 0 amide bonds. The zero-order valence-corrected chi connectivity index (χ0v) is 21.7. The summed E-state index contributed by atoms with van der Waals surface area (Å²) in [5, 5.41) is 8.72. The van der Waals surface area contributed by atoms with Crippen LogP contribution in [0, 0.1) is 5.92 Å². The van der Waals surface area contributed by atoms with E-state index in [9.17, 15) is 8.42 Å². The van der Waals surface area contributed by atoms with E-state index in [1.54, 1.807) is 12.4 Å². The molecule has 35 heavy (non-hydrogen) atoms. The third-order valence-electron chi connectivity index (χ3n) is 6.61. The van der Waals surface area contributed by atoms with Crippen molar-refractivity contribution in [3.05, 3.63) is 59.7 Å². The van der Waals surface area contributed by atoms with Crippen molar-refractivity contribution in [1.82, 2.24) is 20.0 Å². The lowest BCUT2D eigenvalue weighted by Crippen LogP contribution is -2.41. The lowest BCUT2D eigenvalue weighted by atomic mass is 9.86. The van der Waals surface area contributed by atoms with E-state index >= 15 is 0 Å². The van der Waals surface area contributed by atoms with Crippen LogP contribution in [0.4, 0.5) is 5.69 Å². The van der Waals surface area contributed by atoms with Gasteiger partial charge in [0.25, 0.3) is 0 Å². The average Bonchev–Trinajstić information content (AvgIpc) is 3.67. The molecule has 0 saturated heterocycles. The van der Waals surface area contributed by atoms with Crippen LogP contribution in [-0.4, -0.2) is 36.1 Å². The topological polar surface area (TPSA) is 96.0 Å². The van der Waals surface area contributed by atoms with Gasteiger partial charge in [-0.25, -0.2) is 13.1 Å². The fourth-order valence-corrected chi connectivity index (χ4v) is 6.66. The van der Waals surface area contributed by atoms with Crippen molar-refractivity contribution in [2.45, 2.75) is 62.8 Å². The molecule has 2 heterocycles. The number of anilines is 1. The highest BCUT2D eigenvalue weighted by Gasteiger charge is 2.31. The van der Waals surface area contributed by atoms with E-state index < -0.39 is 10.0 Å². The summed E-state index contributed by atoms with van der Waals surface area (Å²) in [6, 6.07) is 7.90. The Morgan fingerprint density at radius 2 is 2.03 bits per heavy atom. The van der Waals surface area contributed by atoms with Gasteiger partial charge in [0.2, 0.25) is 10.0 Å². The van der Waals surface area contributed by atoms with Crippen LogP contribution < -0.4 is 15.4 Å². The van der Waals surface area contributed by atoms with Gasteiger partial charge in [-0.1, -0.05) is 13.8 Å². The molecule has 1 unspecified atom stereocenters. The quantitative estimate of drug-likeness (QED) is 0.409. The number of hydrogen-bond donors (Lipinski definition) is 3. The molecule has 9 heteroatoms. The standard InChI is InChI=1S/C26H31N5O2S2/c1-16(2)13-29-35(32,33)25-22-11-20(30-26(34)31-21-4-3-9-27-15-21)8-7-18(22)10-19-14-28-24(12-23(19)25)17-5-6-17/h3-4,9-10,12,14-17,20,29H,5-8,11,13H2,1-2H3,(H2,30,31,34). The first-order valence-electron chi connectivity index (χ1n) is 12.2. The van der Waals surface area contributed by atoms with E-state index in [0.29, 0.717) is 28.9 Å². The van der Waals surface area contributed by atoms with Crippen molar-refractivity contribution >= 4 is 43.8 Å². The highest BCUT2D eigenvalue weighted by Crippen LogP contribution is 2.41. The summed E-state index contributed by atoms with van der Waals surface area (Å²) in [5.74, 6) is 0.657. The summed E-state index contributed by atoms with van der Waals surface area (Å²) in [6.45, 7) is 4.41. The van der Waals surface area contributed by atoms with Crippen molar-refractivity contribution in [2.75, 3.05) is 11.9 Å². The van der Waals surface area contributed by atoms with Gasteiger partial charge in [-0.05, 0) is 85.6 Å². The summed E-state index contributed by atoms with van der Waals surface area (Å²) < 4.78 is 30.2. The van der Waals surface area contributed by atoms with Crippen LogP contribution in [0.2, 0.25) is 0 Å². The molecule has 2 aliphatic rings. The summed E-state index contributed by atoms with van der Waals surface area (Å²) in [4.78, 5) is 9.17. The van der Waals surface area contributed by atoms with Gasteiger partial charge in [0.1, 0.15) is 0 Å². The normalized spacial score (nSPS) is 17.9. The maximum Gasteiger partial charge on any atom is 0.241 e. The van der Waals surface area contributed by atoms with E-state index in [1.165, 1.54) is 0 Å². The van der Waals surface area contributed by atoms with Crippen LogP contribution in [0.25, 0.3) is 10.8 Å². The van der Waals surface area contributed by atoms with E-state index in [2.05, 4.69) is 31.4 Å². The third kappa shape index (κ3) is 5.47. The Hall–Kier alpha value is -2.62. The number of fused-ring (bicyclic) bond motifs is 2. The van der Waals surface area contributed by atoms with Crippen LogP contribution >= 0.6 is 12.2 Å². The molecule has 2 aromatic heterocycles. The molecular weight excluding hydrogens is 478 g/mol. The molecule has 1 aromatic carbocycles. The largest absolute Gasteiger partial charge is 0.359 e. The van der Waals surface area contributed by atoms with Crippen molar-refractivity contribution < 1.29 is 8.42 Å². The molecule has 1 saturated carbocycles. The molecule has 0 spiro atoms. The second-order valence-corrected chi connectivity index (χ2v) is 12.1. The van der Waals surface area contributed by atoms with Gasteiger partial charge in [-0.3, -0.25) is 9.97 Å². The summed E-state index contributed by atoms with van der Waals surface area (Å²) in [6.07, 6.45) is 9.72. The molecule has 0 aliphatic heterocycles. The maximum atomic E-state index is 13.7. The molecule has 5 rings (SSSR count). The fraction of sp³-hybridized carbons (Fsp3) is 0.423. The number of hydrogen-bond acceptors (Lipinski definition) is 5. The molecule has 3 N–H and O–H groups in total. The highest BCUT2D eigenvalue weighted by atomic mass is 32.2. The highest BCUT2D eigenvalue weighted by molar-refractivity contribution is 7.89. The zero-order valence-electron chi connectivity index (χ0n) is 20.0. The van der Waals surface area contributed by atoms with E-state index in [0.717, 1.165) is 59.0 Å². The molecule has 0 radical (unpaired) electrons. The second kappa shape index (κ2) is 9.79. The number of pyridine rings is 2. The van der Waals surface area contributed by atoms with E-state index in [1.807, 2.05) is 38.2 Å². The lowest BCUT2D eigenvalue weighted by Gasteiger charge is -2.29. The maximum absolute atomic E-state index is 13.7. The number of aromatic nitrogens is 2. The minimum Gasteiger partial charge on any atom is -0.359 e. The second-order valence-electron chi connectivity index (χ2n) is 9.97. The number of nitrogens with zero attached hydrogens (tertiary/aromatic N) is 2. The Morgan fingerprint density at radius 3 is 2.74 bits per heavy atom. The first-order valence-corrected chi connectivity index (χ1v) is 14.1. The zero-order chi connectivity index (χ0) is 24.6. The van der Waals surface area contributed by atoms with E-state index in [-0.39, 0.29) is 12.0 Å². The molecule has 0 bridgehead atoms. The first kappa shape index (κ1) is 24.1. The smallest absolute Gasteiger partial charge is 0.241 e. The summed E-state index contributed by atoms with van der Waals surface area (Å²) in [5.41, 5.74) is 3.76. The Balaban J connectivity index is 1.49. The molecule has 1 atom stereocenters. The number of thiocarbonyl (C=S) groups is 1. The predicted octanol–water partition coefficient (Wildman–Crippen LogP) is 4.29. The number of aryl methyl sites for hydroxylation is 1. The van der Waals surface area contributed by atoms with E-state index in [4.69, 9.17) is 12.2 Å². The van der Waals surface area contributed by atoms with Crippen LogP contribution in [0.15, 0.2) is 47.8 Å². The predicted molar refractivity (Wildman–Crippen MR) is 143 cm³/mol. The molecular formula is C26H31N5O2S2. The van der Waals surface area contributed by atoms with Gasteiger partial charge in [0.15, 0.2) is 5.11 Å². The summed E-state index contributed by atoms with van der Waals surface area (Å²) in [7, 11) is -3.71. The average molecular weight is 510 g/mol. The minimum absolute atomic E-state index is 0.0282. The van der Waals surface area contributed by atoms with Crippen molar-refractivity contribution in [2.24, 2.45) is 5.92 Å². The molecule has 3 aromatic rings. The van der Waals surface area contributed by atoms with Crippen LogP contribution in [0.3, 0.4) is 0 Å². The Kier molecular flexibility index (Phi) is 6.74. The van der Waals surface area contributed by atoms with Gasteiger partial charge >= 0.3 is 0 Å². The fourth-order valence-electron chi connectivity index (χ4n) is 4.67. The molecule has 184 valence electrons. The SMILES string of the molecule is CC(C)CNS(=O)(=O)c1c2c(cc3cnc(C4CC4)cc13)CCC(NC(=S)Nc1cccnc1)C2.